The van der Waals surface area contributed by atoms with Crippen molar-refractivity contribution in [2.75, 3.05) is 6.54 Å². The number of rotatable bonds is 2. The van der Waals surface area contributed by atoms with Crippen LogP contribution in [0.25, 0.3) is 10.9 Å². The second-order valence-electron chi connectivity index (χ2n) is 6.16. The van der Waals surface area contributed by atoms with Gasteiger partial charge in [0.05, 0.1) is 5.69 Å². The molecule has 0 fully saturated rings. The number of fused-ring (bicyclic) bond motifs is 2. The Morgan fingerprint density at radius 1 is 1.27 bits per heavy atom. The zero-order valence-electron chi connectivity index (χ0n) is 13.1. The Morgan fingerprint density at radius 3 is 3.09 bits per heavy atom. The van der Waals surface area contributed by atoms with Crippen LogP contribution in [-0.4, -0.2) is 26.4 Å². The molecule has 4 heteroatoms. The highest BCUT2D eigenvalue weighted by Crippen LogP contribution is 2.24. The van der Waals surface area contributed by atoms with E-state index in [1.165, 1.54) is 33.3 Å². The molecule has 1 aromatic carbocycles. The molecule has 3 aromatic rings. The van der Waals surface area contributed by atoms with Crippen LogP contribution in [-0.2, 0) is 19.5 Å². The highest BCUT2D eigenvalue weighted by molar-refractivity contribution is 5.85. The van der Waals surface area contributed by atoms with Crippen LogP contribution in [0, 0.1) is 13.8 Å². The SMILES string of the molecule is Cc1ncc2c(n1)CN(Cc1c[nH]c3c(C)cccc13)CC2. The molecule has 0 radical (unpaired) electrons. The molecule has 4 rings (SSSR count). The third-order valence-corrected chi connectivity index (χ3v) is 4.55. The molecule has 0 bridgehead atoms. The van der Waals surface area contributed by atoms with Gasteiger partial charge in [0.25, 0.3) is 0 Å². The Labute approximate surface area is 130 Å². The first-order valence-corrected chi connectivity index (χ1v) is 7.80. The minimum atomic E-state index is 0.864. The molecular formula is C18H20N4. The smallest absolute Gasteiger partial charge is 0.125 e. The summed E-state index contributed by atoms with van der Waals surface area (Å²) in [7, 11) is 0. The number of aryl methyl sites for hydroxylation is 2. The number of aromatic nitrogens is 3. The Bertz CT molecular complexity index is 834. The standard InChI is InChI=1S/C18H20N4/c1-12-4-3-5-16-15(9-20-18(12)16)10-22-7-6-14-8-19-13(2)21-17(14)11-22/h3-5,8-9,20H,6-7,10-11H2,1-2H3. The predicted molar refractivity (Wildman–Crippen MR) is 87.6 cm³/mol. The normalized spacial score (nSPS) is 15.2. The molecule has 0 amide bonds. The van der Waals surface area contributed by atoms with E-state index >= 15 is 0 Å². The monoisotopic (exact) mass is 292 g/mol. The summed E-state index contributed by atoms with van der Waals surface area (Å²) in [6.45, 7) is 7.06. The zero-order chi connectivity index (χ0) is 15.1. The number of nitrogens with one attached hydrogen (secondary N) is 1. The summed E-state index contributed by atoms with van der Waals surface area (Å²) in [5.74, 6) is 0.864. The molecule has 1 aliphatic heterocycles. The van der Waals surface area contributed by atoms with Crippen molar-refractivity contribution in [2.24, 2.45) is 0 Å². The van der Waals surface area contributed by atoms with Crippen LogP contribution in [0.4, 0.5) is 0 Å². The maximum atomic E-state index is 4.61. The fourth-order valence-electron chi connectivity index (χ4n) is 3.33. The lowest BCUT2D eigenvalue weighted by atomic mass is 10.1. The van der Waals surface area contributed by atoms with Crippen LogP contribution in [0.1, 0.15) is 28.2 Å². The van der Waals surface area contributed by atoms with E-state index < -0.39 is 0 Å². The first-order valence-electron chi connectivity index (χ1n) is 7.80. The summed E-state index contributed by atoms with van der Waals surface area (Å²) in [6.07, 6.45) is 5.18. The molecule has 0 atom stereocenters. The van der Waals surface area contributed by atoms with Crippen molar-refractivity contribution < 1.29 is 0 Å². The lowest BCUT2D eigenvalue weighted by Crippen LogP contribution is -2.31. The topological polar surface area (TPSA) is 44.8 Å². The number of H-pyrrole nitrogens is 1. The number of hydrogen-bond donors (Lipinski definition) is 1. The molecule has 2 aromatic heterocycles. The van der Waals surface area contributed by atoms with Crippen LogP contribution in [0.15, 0.2) is 30.6 Å². The number of aromatic amines is 1. The Balaban J connectivity index is 1.60. The van der Waals surface area contributed by atoms with E-state index in [0.29, 0.717) is 0 Å². The van der Waals surface area contributed by atoms with E-state index in [9.17, 15) is 0 Å². The van der Waals surface area contributed by atoms with Crippen LogP contribution in [0.5, 0.6) is 0 Å². The first kappa shape index (κ1) is 13.5. The third kappa shape index (κ3) is 2.29. The molecule has 0 unspecified atom stereocenters. The van der Waals surface area contributed by atoms with Gasteiger partial charge in [-0.15, -0.1) is 0 Å². The summed E-state index contributed by atoms with van der Waals surface area (Å²) in [5, 5.41) is 1.34. The molecule has 4 nitrogen and oxygen atoms in total. The summed E-state index contributed by atoms with van der Waals surface area (Å²) < 4.78 is 0. The number of para-hydroxylation sites is 1. The molecule has 22 heavy (non-hydrogen) atoms. The predicted octanol–water partition coefficient (Wildman–Crippen LogP) is 3.13. The minimum absolute atomic E-state index is 0.864. The fraction of sp³-hybridized carbons (Fsp3) is 0.333. The van der Waals surface area contributed by atoms with Crippen molar-refractivity contribution in [2.45, 2.75) is 33.4 Å². The lowest BCUT2D eigenvalue weighted by Gasteiger charge is -2.27. The minimum Gasteiger partial charge on any atom is -0.361 e. The summed E-state index contributed by atoms with van der Waals surface area (Å²) >= 11 is 0. The van der Waals surface area contributed by atoms with E-state index in [1.807, 2.05) is 13.1 Å². The van der Waals surface area contributed by atoms with Crippen LogP contribution >= 0.6 is 0 Å². The van der Waals surface area contributed by atoms with E-state index in [4.69, 9.17) is 0 Å². The molecule has 0 saturated heterocycles. The summed E-state index contributed by atoms with van der Waals surface area (Å²) in [6, 6.07) is 6.49. The maximum Gasteiger partial charge on any atom is 0.125 e. The van der Waals surface area contributed by atoms with Crippen LogP contribution < -0.4 is 0 Å². The molecule has 0 spiro atoms. The van der Waals surface area contributed by atoms with Gasteiger partial charge in [0, 0.05) is 42.9 Å². The van der Waals surface area contributed by atoms with Gasteiger partial charge in [0.1, 0.15) is 5.82 Å². The van der Waals surface area contributed by atoms with Crippen molar-refractivity contribution >= 4 is 10.9 Å². The van der Waals surface area contributed by atoms with Gasteiger partial charge < -0.3 is 4.98 Å². The van der Waals surface area contributed by atoms with Gasteiger partial charge >= 0.3 is 0 Å². The van der Waals surface area contributed by atoms with Crippen molar-refractivity contribution in [1.29, 1.82) is 0 Å². The molecule has 0 aliphatic carbocycles. The van der Waals surface area contributed by atoms with E-state index in [1.54, 1.807) is 0 Å². The Kier molecular flexibility index (Phi) is 3.19. The average molecular weight is 292 g/mol. The summed E-state index contributed by atoms with van der Waals surface area (Å²) in [5.41, 5.74) is 6.42. The van der Waals surface area contributed by atoms with E-state index in [2.05, 4.69) is 51.2 Å². The highest BCUT2D eigenvalue weighted by atomic mass is 15.1. The molecule has 1 N–H and O–H groups in total. The van der Waals surface area contributed by atoms with Gasteiger partial charge in [-0.25, -0.2) is 9.97 Å². The summed E-state index contributed by atoms with van der Waals surface area (Å²) in [4.78, 5) is 14.8. The second kappa shape index (κ2) is 5.21. The van der Waals surface area contributed by atoms with Gasteiger partial charge in [-0.3, -0.25) is 4.90 Å². The highest BCUT2D eigenvalue weighted by Gasteiger charge is 2.19. The quantitative estimate of drug-likeness (QED) is 0.789. The van der Waals surface area contributed by atoms with Crippen molar-refractivity contribution in [1.82, 2.24) is 19.9 Å². The van der Waals surface area contributed by atoms with Crippen LogP contribution in [0.2, 0.25) is 0 Å². The van der Waals surface area contributed by atoms with E-state index in [-0.39, 0.29) is 0 Å². The molecule has 112 valence electrons. The molecule has 3 heterocycles. The number of benzene rings is 1. The number of nitrogens with zero attached hydrogens (tertiary/aromatic N) is 3. The van der Waals surface area contributed by atoms with Crippen molar-refractivity contribution in [3.63, 3.8) is 0 Å². The molecule has 1 aliphatic rings. The zero-order valence-corrected chi connectivity index (χ0v) is 13.1. The average Bonchev–Trinajstić information content (AvgIpc) is 2.91. The van der Waals surface area contributed by atoms with Gasteiger partial charge in [0.2, 0.25) is 0 Å². The Morgan fingerprint density at radius 2 is 2.18 bits per heavy atom. The van der Waals surface area contributed by atoms with Crippen molar-refractivity contribution in [3.05, 3.63) is 58.8 Å². The number of hydrogen-bond acceptors (Lipinski definition) is 3. The van der Waals surface area contributed by atoms with Crippen LogP contribution in [0.3, 0.4) is 0 Å². The van der Waals surface area contributed by atoms with Gasteiger partial charge in [-0.2, -0.15) is 0 Å². The van der Waals surface area contributed by atoms with Gasteiger partial charge in [-0.1, -0.05) is 18.2 Å². The molecule has 0 saturated carbocycles. The first-order chi connectivity index (χ1) is 10.7. The molecular weight excluding hydrogens is 272 g/mol. The third-order valence-electron chi connectivity index (χ3n) is 4.55. The fourth-order valence-corrected chi connectivity index (χ4v) is 3.33. The van der Waals surface area contributed by atoms with Gasteiger partial charge in [0.15, 0.2) is 0 Å². The lowest BCUT2D eigenvalue weighted by molar-refractivity contribution is 0.241. The van der Waals surface area contributed by atoms with E-state index in [0.717, 1.165) is 31.9 Å². The maximum absolute atomic E-state index is 4.61. The van der Waals surface area contributed by atoms with Gasteiger partial charge in [-0.05, 0) is 37.0 Å². The largest absolute Gasteiger partial charge is 0.361 e. The van der Waals surface area contributed by atoms with Crippen molar-refractivity contribution in [3.8, 4) is 0 Å². The second-order valence-corrected chi connectivity index (χ2v) is 6.16. The Hall–Kier alpha value is -2.20.